The van der Waals surface area contributed by atoms with Crippen LogP contribution in [-0.4, -0.2) is 11.8 Å². The first-order chi connectivity index (χ1) is 5.50. The van der Waals surface area contributed by atoms with Gasteiger partial charge in [-0.2, -0.15) is 0 Å². The number of nitrogens with zero attached hydrogens (tertiary/aromatic N) is 1. The Balaban J connectivity index is 0.000000561. The molecule has 0 aromatic carbocycles. The summed E-state index contributed by atoms with van der Waals surface area (Å²) in [5.74, 6) is 0. The number of hydrogen-bond acceptors (Lipinski definition) is 2. The van der Waals surface area contributed by atoms with Gasteiger partial charge in [-0.15, -0.1) is 0 Å². The van der Waals surface area contributed by atoms with Crippen LogP contribution in [0.25, 0.3) is 0 Å². The van der Waals surface area contributed by atoms with Crippen molar-refractivity contribution >= 4 is 5.71 Å². The molecule has 1 atom stereocenters. The molecule has 0 aliphatic carbocycles. The highest BCUT2D eigenvalue weighted by atomic mass is 16.6. The molecule has 12 heavy (non-hydrogen) atoms. The van der Waals surface area contributed by atoms with Crippen LogP contribution in [0.15, 0.2) is 5.16 Å². The molecule has 1 aliphatic rings. The Labute approximate surface area is 76.0 Å². The number of oxime groups is 1. The molecule has 0 saturated heterocycles. The maximum atomic E-state index is 5.22. The van der Waals surface area contributed by atoms with Crippen molar-refractivity contribution in [2.45, 2.75) is 54.1 Å². The molecule has 1 heterocycles. The van der Waals surface area contributed by atoms with E-state index in [0.29, 0.717) is 0 Å². The van der Waals surface area contributed by atoms with Crippen LogP contribution in [0.5, 0.6) is 0 Å². The molecule has 0 spiro atoms. The van der Waals surface area contributed by atoms with Crippen LogP contribution in [0.1, 0.15) is 48.0 Å². The largest absolute Gasteiger partial charge is 0.392 e. The lowest BCUT2D eigenvalue weighted by molar-refractivity contribution is 0.00831. The Bertz CT molecular complexity index is 156. The van der Waals surface area contributed by atoms with E-state index in [1.807, 2.05) is 20.8 Å². The minimum absolute atomic E-state index is 0.223. The van der Waals surface area contributed by atoms with E-state index in [0.717, 1.165) is 12.1 Å². The second kappa shape index (κ2) is 4.48. The summed E-state index contributed by atoms with van der Waals surface area (Å²) in [6, 6.07) is 0. The third-order valence-corrected chi connectivity index (χ3v) is 1.78. The Kier molecular flexibility index (Phi) is 4.29. The van der Waals surface area contributed by atoms with Gasteiger partial charge in [0, 0.05) is 11.8 Å². The van der Waals surface area contributed by atoms with E-state index < -0.39 is 0 Å². The van der Waals surface area contributed by atoms with Gasteiger partial charge in [0.1, 0.15) is 6.10 Å². The van der Waals surface area contributed by atoms with Crippen molar-refractivity contribution < 1.29 is 4.84 Å². The Morgan fingerprint density at radius 3 is 2.00 bits per heavy atom. The maximum Gasteiger partial charge on any atom is 0.137 e. The molecule has 0 bridgehead atoms. The minimum Gasteiger partial charge on any atom is -0.392 e. The van der Waals surface area contributed by atoms with Gasteiger partial charge in [0.2, 0.25) is 0 Å². The predicted molar refractivity (Wildman–Crippen MR) is 53.4 cm³/mol. The number of hydrogen-bond donors (Lipinski definition) is 0. The van der Waals surface area contributed by atoms with Crippen LogP contribution >= 0.6 is 0 Å². The second-order valence-corrected chi connectivity index (χ2v) is 3.99. The van der Waals surface area contributed by atoms with Crippen LogP contribution in [0, 0.1) is 5.41 Å². The van der Waals surface area contributed by atoms with Gasteiger partial charge >= 0.3 is 0 Å². The van der Waals surface area contributed by atoms with Crippen molar-refractivity contribution in [1.29, 1.82) is 0 Å². The van der Waals surface area contributed by atoms with E-state index in [9.17, 15) is 0 Å². The highest BCUT2D eigenvalue weighted by Gasteiger charge is 2.30. The molecule has 0 amide bonds. The topological polar surface area (TPSA) is 21.6 Å². The fourth-order valence-corrected chi connectivity index (χ4v) is 0.961. The summed E-state index contributed by atoms with van der Waals surface area (Å²) in [5, 5.41) is 3.90. The lowest BCUT2D eigenvalue weighted by Gasteiger charge is -2.23. The zero-order valence-electron chi connectivity index (χ0n) is 9.14. The van der Waals surface area contributed by atoms with Crippen LogP contribution in [0.2, 0.25) is 0 Å². The normalized spacial score (nSPS) is 22.2. The molecule has 1 unspecified atom stereocenters. The quantitative estimate of drug-likeness (QED) is 0.548. The highest BCUT2D eigenvalue weighted by molar-refractivity contribution is 5.82. The molecule has 1 aliphatic heterocycles. The van der Waals surface area contributed by atoms with Crippen molar-refractivity contribution in [1.82, 2.24) is 0 Å². The van der Waals surface area contributed by atoms with Gasteiger partial charge in [-0.3, -0.25) is 0 Å². The van der Waals surface area contributed by atoms with E-state index in [1.54, 1.807) is 0 Å². The van der Waals surface area contributed by atoms with Crippen LogP contribution < -0.4 is 0 Å². The summed E-state index contributed by atoms with van der Waals surface area (Å²) >= 11 is 0. The number of rotatable bonds is 0. The highest BCUT2D eigenvalue weighted by Crippen LogP contribution is 2.28. The van der Waals surface area contributed by atoms with Crippen molar-refractivity contribution in [3.8, 4) is 0 Å². The molecule has 72 valence electrons. The monoisotopic (exact) mass is 171 g/mol. The summed E-state index contributed by atoms with van der Waals surface area (Å²) in [6.45, 7) is 12.5. The Morgan fingerprint density at radius 2 is 1.83 bits per heavy atom. The van der Waals surface area contributed by atoms with E-state index in [2.05, 4.69) is 25.9 Å². The summed E-state index contributed by atoms with van der Waals surface area (Å²) in [5.41, 5.74) is 1.33. The molecule has 0 aromatic heterocycles. The van der Waals surface area contributed by atoms with Gasteiger partial charge in [0.15, 0.2) is 0 Å². The fraction of sp³-hybridized carbons (Fsp3) is 0.900. The summed E-state index contributed by atoms with van der Waals surface area (Å²) in [4.78, 5) is 5.22. The maximum absolute atomic E-state index is 5.22. The molecular weight excluding hydrogens is 150 g/mol. The lowest BCUT2D eigenvalue weighted by atomic mass is 9.87. The molecule has 0 saturated carbocycles. The molecule has 0 aromatic rings. The lowest BCUT2D eigenvalue weighted by Crippen LogP contribution is -2.25. The average molecular weight is 171 g/mol. The summed E-state index contributed by atoms with van der Waals surface area (Å²) < 4.78 is 0. The van der Waals surface area contributed by atoms with Crippen molar-refractivity contribution in [3.63, 3.8) is 0 Å². The van der Waals surface area contributed by atoms with Crippen LogP contribution in [-0.2, 0) is 4.84 Å². The van der Waals surface area contributed by atoms with Gasteiger partial charge in [0.05, 0.1) is 5.71 Å². The SMILES string of the molecule is CC.CC1=NOC(C(C)(C)C)C1. The van der Waals surface area contributed by atoms with Crippen molar-refractivity contribution in [3.05, 3.63) is 0 Å². The first kappa shape index (κ1) is 11.5. The van der Waals surface area contributed by atoms with Crippen LogP contribution in [0.4, 0.5) is 0 Å². The van der Waals surface area contributed by atoms with Crippen molar-refractivity contribution in [2.75, 3.05) is 0 Å². The molecule has 2 heteroatoms. The third-order valence-electron chi connectivity index (χ3n) is 1.78. The van der Waals surface area contributed by atoms with Gasteiger partial charge in [-0.05, 0) is 6.92 Å². The molecule has 0 N–H and O–H groups in total. The first-order valence-electron chi connectivity index (χ1n) is 4.69. The Morgan fingerprint density at radius 1 is 1.33 bits per heavy atom. The standard InChI is InChI=1S/C8H15NO.C2H6/c1-6-5-7(10-9-6)8(2,3)4;1-2/h7H,5H2,1-4H3;1-2H3. The minimum atomic E-state index is 0.223. The molecular formula is C10H21NO. The zero-order valence-corrected chi connectivity index (χ0v) is 9.14. The second-order valence-electron chi connectivity index (χ2n) is 3.99. The van der Waals surface area contributed by atoms with E-state index in [-0.39, 0.29) is 11.5 Å². The van der Waals surface area contributed by atoms with Gasteiger partial charge < -0.3 is 4.84 Å². The zero-order chi connectivity index (χ0) is 9.78. The summed E-state index contributed by atoms with van der Waals surface area (Å²) in [7, 11) is 0. The smallest absolute Gasteiger partial charge is 0.137 e. The summed E-state index contributed by atoms with van der Waals surface area (Å²) in [6.07, 6.45) is 1.27. The molecule has 1 rings (SSSR count). The molecule has 2 nitrogen and oxygen atoms in total. The van der Waals surface area contributed by atoms with Gasteiger partial charge in [-0.1, -0.05) is 39.8 Å². The third kappa shape index (κ3) is 3.24. The Hall–Kier alpha value is -0.530. The molecule has 0 fully saturated rings. The van der Waals surface area contributed by atoms with E-state index >= 15 is 0 Å². The average Bonchev–Trinajstić information content (AvgIpc) is 2.39. The molecule has 0 radical (unpaired) electrons. The van der Waals surface area contributed by atoms with E-state index in [1.165, 1.54) is 0 Å². The van der Waals surface area contributed by atoms with E-state index in [4.69, 9.17) is 4.84 Å². The van der Waals surface area contributed by atoms with Gasteiger partial charge in [0.25, 0.3) is 0 Å². The fourth-order valence-electron chi connectivity index (χ4n) is 0.961. The van der Waals surface area contributed by atoms with Crippen LogP contribution in [0.3, 0.4) is 0 Å². The van der Waals surface area contributed by atoms with Gasteiger partial charge in [-0.25, -0.2) is 0 Å². The first-order valence-corrected chi connectivity index (χ1v) is 4.69. The van der Waals surface area contributed by atoms with Crippen molar-refractivity contribution in [2.24, 2.45) is 10.6 Å². The predicted octanol–water partition coefficient (Wildman–Crippen LogP) is 3.22.